The van der Waals surface area contributed by atoms with E-state index in [1.54, 1.807) is 12.4 Å². The van der Waals surface area contributed by atoms with Gasteiger partial charge in [0.25, 0.3) is 0 Å². The first-order valence-electron chi connectivity index (χ1n) is 8.31. The summed E-state index contributed by atoms with van der Waals surface area (Å²) in [6.45, 7) is 4.78. The molecule has 6 nitrogen and oxygen atoms in total. The van der Waals surface area contributed by atoms with Crippen LogP contribution >= 0.6 is 23.7 Å². The maximum atomic E-state index is 10.6. The molecular formula is C18H24ClN5OS. The second-order valence-electron chi connectivity index (χ2n) is 5.97. The van der Waals surface area contributed by atoms with Crippen LogP contribution in [0.15, 0.2) is 48.9 Å². The highest BCUT2D eigenvalue weighted by molar-refractivity contribution is 7.15. The molecule has 0 fully saturated rings. The normalized spacial score (nSPS) is 12.1. The van der Waals surface area contributed by atoms with E-state index in [9.17, 15) is 5.11 Å². The quantitative estimate of drug-likeness (QED) is 0.614. The van der Waals surface area contributed by atoms with Crippen LogP contribution in [0.5, 0.6) is 0 Å². The second kappa shape index (κ2) is 9.68. The van der Waals surface area contributed by atoms with E-state index in [-0.39, 0.29) is 12.4 Å². The molecular weight excluding hydrogens is 370 g/mol. The third-order valence-electron chi connectivity index (χ3n) is 3.99. The monoisotopic (exact) mass is 393 g/mol. The molecule has 8 heteroatoms. The number of aliphatic hydroxyl groups excluding tert-OH is 1. The van der Waals surface area contributed by atoms with Gasteiger partial charge in [0.15, 0.2) is 5.13 Å². The topological polar surface area (TPSA) is 80.2 Å². The number of benzene rings is 1. The largest absolute Gasteiger partial charge is 0.387 e. The van der Waals surface area contributed by atoms with E-state index in [4.69, 9.17) is 5.73 Å². The highest BCUT2D eigenvalue weighted by Gasteiger charge is 2.17. The van der Waals surface area contributed by atoms with Crippen molar-refractivity contribution < 1.29 is 5.11 Å². The lowest BCUT2D eigenvalue weighted by Gasteiger charge is -2.24. The minimum atomic E-state index is -0.589. The lowest BCUT2D eigenvalue weighted by atomic mass is 10.1. The van der Waals surface area contributed by atoms with Crippen molar-refractivity contribution in [2.24, 2.45) is 0 Å². The molecule has 2 heterocycles. The number of aromatic nitrogens is 3. The minimum Gasteiger partial charge on any atom is -0.387 e. The zero-order valence-corrected chi connectivity index (χ0v) is 16.3. The van der Waals surface area contributed by atoms with Gasteiger partial charge in [0.1, 0.15) is 0 Å². The van der Waals surface area contributed by atoms with E-state index in [1.807, 2.05) is 36.0 Å². The summed E-state index contributed by atoms with van der Waals surface area (Å²) in [6.07, 6.45) is 4.85. The Bertz CT molecular complexity index is 792. The Kier molecular flexibility index (Phi) is 7.59. The molecule has 0 amide bonds. The molecule has 0 saturated heterocycles. The SMILES string of the molecule is CCn1cc(C(O)CN(Cc2ccccc2)Cc2cnc(N)s2)cn1.Cl. The van der Waals surface area contributed by atoms with Crippen molar-refractivity contribution in [3.8, 4) is 0 Å². The smallest absolute Gasteiger partial charge is 0.180 e. The number of nitrogen functional groups attached to an aromatic ring is 1. The minimum absolute atomic E-state index is 0. The van der Waals surface area contributed by atoms with Crippen molar-refractivity contribution in [3.05, 3.63) is 64.9 Å². The molecule has 0 aliphatic rings. The highest BCUT2D eigenvalue weighted by Crippen LogP contribution is 2.21. The number of halogens is 1. The van der Waals surface area contributed by atoms with Gasteiger partial charge in [0.05, 0.1) is 12.3 Å². The van der Waals surface area contributed by atoms with Crippen molar-refractivity contribution in [3.63, 3.8) is 0 Å². The van der Waals surface area contributed by atoms with E-state index in [0.29, 0.717) is 18.2 Å². The summed E-state index contributed by atoms with van der Waals surface area (Å²) in [5.74, 6) is 0. The van der Waals surface area contributed by atoms with Crippen LogP contribution in [0, 0.1) is 0 Å². The molecule has 1 unspecified atom stereocenters. The molecule has 1 atom stereocenters. The van der Waals surface area contributed by atoms with Gasteiger partial charge in [0, 0.05) is 49.0 Å². The van der Waals surface area contributed by atoms with E-state index in [0.717, 1.165) is 23.5 Å². The fourth-order valence-corrected chi connectivity index (χ4v) is 3.44. The molecule has 3 N–H and O–H groups in total. The van der Waals surface area contributed by atoms with E-state index in [2.05, 4.69) is 27.1 Å². The van der Waals surface area contributed by atoms with Crippen molar-refractivity contribution in [1.82, 2.24) is 19.7 Å². The van der Waals surface area contributed by atoms with Crippen molar-refractivity contribution in [2.45, 2.75) is 32.7 Å². The number of hydrogen-bond acceptors (Lipinski definition) is 6. The van der Waals surface area contributed by atoms with Gasteiger partial charge in [-0.2, -0.15) is 5.10 Å². The van der Waals surface area contributed by atoms with Gasteiger partial charge in [0.2, 0.25) is 0 Å². The zero-order chi connectivity index (χ0) is 17.6. The summed E-state index contributed by atoms with van der Waals surface area (Å²) < 4.78 is 1.82. The number of thiazole rings is 1. The lowest BCUT2D eigenvalue weighted by molar-refractivity contribution is 0.105. The first-order chi connectivity index (χ1) is 12.1. The predicted octanol–water partition coefficient (Wildman–Crippen LogP) is 3.10. The van der Waals surface area contributed by atoms with Crippen LogP contribution in [0.4, 0.5) is 5.13 Å². The average Bonchev–Trinajstić information content (AvgIpc) is 3.24. The third kappa shape index (κ3) is 5.54. The molecule has 0 spiro atoms. The first-order valence-corrected chi connectivity index (χ1v) is 9.12. The Morgan fingerprint density at radius 1 is 1.23 bits per heavy atom. The molecule has 0 bridgehead atoms. The Hall–Kier alpha value is -1.93. The number of hydrogen-bond donors (Lipinski definition) is 2. The van der Waals surface area contributed by atoms with Gasteiger partial charge in [-0.15, -0.1) is 23.7 Å². The molecule has 0 radical (unpaired) electrons. The number of nitrogens with zero attached hydrogens (tertiary/aromatic N) is 4. The predicted molar refractivity (Wildman–Crippen MR) is 107 cm³/mol. The molecule has 0 aliphatic heterocycles. The summed E-state index contributed by atoms with van der Waals surface area (Å²) in [7, 11) is 0. The van der Waals surface area contributed by atoms with E-state index < -0.39 is 6.10 Å². The fraction of sp³-hybridized carbons (Fsp3) is 0.333. The second-order valence-corrected chi connectivity index (χ2v) is 7.11. The molecule has 3 aromatic rings. The first kappa shape index (κ1) is 20.4. The standard InChI is InChI=1S/C18H23N5OS.ClH/c1-2-23-11-15(8-21-23)17(24)13-22(10-14-6-4-3-5-7-14)12-16-9-20-18(19)25-16;/h3-9,11,17,24H,2,10,12-13H2,1H3,(H2,19,20);1H. The van der Waals surface area contributed by atoms with Crippen LogP contribution in [0.2, 0.25) is 0 Å². The Morgan fingerprint density at radius 2 is 2.00 bits per heavy atom. The third-order valence-corrected chi connectivity index (χ3v) is 4.80. The van der Waals surface area contributed by atoms with Crippen LogP contribution in [-0.4, -0.2) is 31.3 Å². The molecule has 0 saturated carbocycles. The van der Waals surface area contributed by atoms with Crippen molar-refractivity contribution >= 4 is 28.9 Å². The summed E-state index contributed by atoms with van der Waals surface area (Å²) >= 11 is 1.48. The number of nitrogens with two attached hydrogens (primary N) is 1. The Labute approximate surface area is 163 Å². The van der Waals surface area contributed by atoms with Crippen molar-refractivity contribution in [2.75, 3.05) is 12.3 Å². The molecule has 26 heavy (non-hydrogen) atoms. The van der Waals surface area contributed by atoms with E-state index in [1.165, 1.54) is 16.9 Å². The van der Waals surface area contributed by atoms with Crippen LogP contribution in [0.25, 0.3) is 0 Å². The summed E-state index contributed by atoms with van der Waals surface area (Å²) in [5.41, 5.74) is 7.79. The molecule has 140 valence electrons. The summed E-state index contributed by atoms with van der Waals surface area (Å²) in [4.78, 5) is 7.41. The van der Waals surface area contributed by atoms with Gasteiger partial charge in [-0.05, 0) is 12.5 Å². The van der Waals surface area contributed by atoms with Gasteiger partial charge in [-0.3, -0.25) is 9.58 Å². The van der Waals surface area contributed by atoms with E-state index >= 15 is 0 Å². The maximum absolute atomic E-state index is 10.6. The van der Waals surface area contributed by atoms with Crippen molar-refractivity contribution in [1.29, 1.82) is 0 Å². The fourth-order valence-electron chi connectivity index (χ4n) is 2.72. The molecule has 2 aromatic heterocycles. The molecule has 0 aliphatic carbocycles. The maximum Gasteiger partial charge on any atom is 0.180 e. The van der Waals surface area contributed by atoms with Crippen LogP contribution < -0.4 is 5.73 Å². The number of rotatable bonds is 8. The van der Waals surface area contributed by atoms with Gasteiger partial charge < -0.3 is 10.8 Å². The van der Waals surface area contributed by atoms with Crippen LogP contribution in [0.1, 0.15) is 29.0 Å². The Balaban J connectivity index is 0.00000243. The van der Waals surface area contributed by atoms with Crippen LogP contribution in [-0.2, 0) is 19.6 Å². The zero-order valence-electron chi connectivity index (χ0n) is 14.7. The number of anilines is 1. The van der Waals surface area contributed by atoms with Gasteiger partial charge >= 0.3 is 0 Å². The van der Waals surface area contributed by atoms with Crippen LogP contribution in [0.3, 0.4) is 0 Å². The van der Waals surface area contributed by atoms with Gasteiger partial charge in [-0.1, -0.05) is 30.3 Å². The average molecular weight is 394 g/mol. The summed E-state index contributed by atoms with van der Waals surface area (Å²) in [6, 6.07) is 10.2. The van der Waals surface area contributed by atoms with Gasteiger partial charge in [-0.25, -0.2) is 4.98 Å². The Morgan fingerprint density at radius 3 is 2.62 bits per heavy atom. The number of aryl methyl sites for hydroxylation is 1. The molecule has 1 aromatic carbocycles. The summed E-state index contributed by atoms with van der Waals surface area (Å²) in [5, 5.41) is 15.4. The number of aliphatic hydroxyl groups is 1. The molecule has 3 rings (SSSR count). The lowest BCUT2D eigenvalue weighted by Crippen LogP contribution is -2.27. The highest BCUT2D eigenvalue weighted by atomic mass is 35.5.